The first kappa shape index (κ1) is 18.5. The molecule has 0 amide bonds. The number of aliphatic hydroxyl groups excluding tert-OH is 1. The number of methoxy groups -OCH3 is 2. The highest BCUT2D eigenvalue weighted by Crippen LogP contribution is 2.51. The van der Waals surface area contributed by atoms with Gasteiger partial charge in [0.1, 0.15) is 11.5 Å². The molecule has 3 N–H and O–H groups in total. The van der Waals surface area contributed by atoms with Crippen LogP contribution in [-0.2, 0) is 11.3 Å². The van der Waals surface area contributed by atoms with E-state index < -0.39 is 0 Å². The van der Waals surface area contributed by atoms with Crippen LogP contribution in [0.4, 0.5) is 0 Å². The van der Waals surface area contributed by atoms with Crippen molar-refractivity contribution >= 4 is 0 Å². The fraction of sp³-hybridized carbons (Fsp3) is 0.684. The average Bonchev–Trinajstić information content (AvgIpc) is 2.65. The van der Waals surface area contributed by atoms with Crippen LogP contribution >= 0.6 is 0 Å². The van der Waals surface area contributed by atoms with E-state index in [1.54, 1.807) is 14.2 Å². The van der Waals surface area contributed by atoms with Gasteiger partial charge >= 0.3 is 0 Å². The maximum absolute atomic E-state index is 10.3. The number of rotatable bonds is 7. The van der Waals surface area contributed by atoms with E-state index >= 15 is 0 Å². The van der Waals surface area contributed by atoms with Crippen LogP contribution in [-0.4, -0.2) is 62.7 Å². The fourth-order valence-electron chi connectivity index (χ4n) is 4.17. The van der Waals surface area contributed by atoms with Crippen LogP contribution in [0.5, 0.6) is 11.5 Å². The number of nitrogens with two attached hydrogens (primary N) is 1. The van der Waals surface area contributed by atoms with Gasteiger partial charge in [0, 0.05) is 31.0 Å². The Morgan fingerprint density at radius 1 is 1.16 bits per heavy atom. The summed E-state index contributed by atoms with van der Waals surface area (Å²) in [6.45, 7) is 3.88. The maximum atomic E-state index is 10.3. The monoisotopic (exact) mass is 350 g/mol. The summed E-state index contributed by atoms with van der Waals surface area (Å²) >= 11 is 0. The van der Waals surface area contributed by atoms with Crippen LogP contribution in [0.2, 0.25) is 0 Å². The predicted octanol–water partition coefficient (Wildman–Crippen LogP) is 1.39. The molecule has 1 aromatic rings. The van der Waals surface area contributed by atoms with Crippen LogP contribution in [0, 0.1) is 5.41 Å². The van der Waals surface area contributed by atoms with Crippen molar-refractivity contribution in [2.45, 2.75) is 38.0 Å². The average molecular weight is 350 g/mol. The molecular formula is C19H30N2O4. The van der Waals surface area contributed by atoms with Crippen molar-refractivity contribution in [3.05, 3.63) is 23.8 Å². The van der Waals surface area contributed by atoms with Crippen molar-refractivity contribution in [2.24, 2.45) is 11.1 Å². The highest BCUT2D eigenvalue weighted by Gasteiger charge is 2.55. The lowest BCUT2D eigenvalue weighted by Crippen LogP contribution is -2.62. The summed E-state index contributed by atoms with van der Waals surface area (Å²) in [7, 11) is 3.34. The Bertz CT molecular complexity index is 550. The Morgan fingerprint density at radius 3 is 2.32 bits per heavy atom. The smallest absolute Gasteiger partial charge is 0.122 e. The molecule has 1 spiro atoms. The minimum absolute atomic E-state index is 0.0717. The SMILES string of the molecule is COc1cc(CN2CCC3(CC2)[C@@H](O)C[C@H]3OCCN)cc(OC)c1. The van der Waals surface area contributed by atoms with Gasteiger partial charge in [-0.2, -0.15) is 0 Å². The standard InChI is InChI=1S/C19H30N2O4/c1-23-15-9-14(10-16(11-15)24-2)13-21-6-3-19(4-7-21)17(22)12-18(19)25-8-5-20/h9-11,17-18,22H,3-8,12-13,20H2,1-2H3/t17-,18+/m0/s1. The number of hydrogen-bond acceptors (Lipinski definition) is 6. The van der Waals surface area contributed by atoms with Gasteiger partial charge in [0.25, 0.3) is 0 Å². The Morgan fingerprint density at radius 2 is 1.80 bits per heavy atom. The number of aliphatic hydroxyl groups is 1. The molecule has 0 aromatic heterocycles. The highest BCUT2D eigenvalue weighted by molar-refractivity contribution is 5.38. The van der Waals surface area contributed by atoms with Gasteiger partial charge in [-0.25, -0.2) is 0 Å². The first-order valence-corrected chi connectivity index (χ1v) is 9.05. The molecule has 0 unspecified atom stereocenters. The molecule has 3 rings (SSSR count). The summed E-state index contributed by atoms with van der Waals surface area (Å²) in [5.41, 5.74) is 6.65. The third kappa shape index (κ3) is 3.77. The van der Waals surface area contributed by atoms with E-state index in [0.717, 1.165) is 50.4 Å². The Labute approximate surface area is 149 Å². The molecule has 1 saturated carbocycles. The van der Waals surface area contributed by atoms with Crippen LogP contribution in [0.3, 0.4) is 0 Å². The molecule has 2 aliphatic rings. The number of likely N-dealkylation sites (tertiary alicyclic amines) is 1. The minimum atomic E-state index is -0.241. The molecular weight excluding hydrogens is 320 g/mol. The van der Waals surface area contributed by atoms with Crippen LogP contribution < -0.4 is 15.2 Å². The zero-order valence-electron chi connectivity index (χ0n) is 15.2. The molecule has 140 valence electrons. The van der Waals surface area contributed by atoms with Crippen molar-refractivity contribution in [1.29, 1.82) is 0 Å². The first-order valence-electron chi connectivity index (χ1n) is 9.05. The zero-order chi connectivity index (χ0) is 17.9. The molecule has 1 aliphatic carbocycles. The summed E-state index contributed by atoms with van der Waals surface area (Å²) < 4.78 is 16.6. The van der Waals surface area contributed by atoms with Gasteiger partial charge in [0.2, 0.25) is 0 Å². The maximum Gasteiger partial charge on any atom is 0.122 e. The lowest BCUT2D eigenvalue weighted by molar-refractivity contribution is -0.210. The number of piperidine rings is 1. The molecule has 1 heterocycles. The third-order valence-electron chi connectivity index (χ3n) is 5.78. The lowest BCUT2D eigenvalue weighted by Gasteiger charge is -2.56. The fourth-order valence-corrected chi connectivity index (χ4v) is 4.17. The second-order valence-electron chi connectivity index (χ2n) is 7.13. The zero-order valence-corrected chi connectivity index (χ0v) is 15.2. The number of nitrogens with zero attached hydrogens (tertiary/aromatic N) is 1. The topological polar surface area (TPSA) is 77.2 Å². The van der Waals surface area contributed by atoms with Gasteiger partial charge in [-0.15, -0.1) is 0 Å². The Balaban J connectivity index is 1.59. The minimum Gasteiger partial charge on any atom is -0.497 e. The highest BCUT2D eigenvalue weighted by atomic mass is 16.5. The van der Waals surface area contributed by atoms with Crippen molar-refractivity contribution in [2.75, 3.05) is 40.5 Å². The quantitative estimate of drug-likeness (QED) is 0.774. The van der Waals surface area contributed by atoms with Crippen molar-refractivity contribution in [3.63, 3.8) is 0 Å². The Kier molecular flexibility index (Phi) is 5.84. The lowest BCUT2D eigenvalue weighted by atomic mass is 9.58. The molecule has 6 nitrogen and oxygen atoms in total. The van der Waals surface area contributed by atoms with E-state index in [2.05, 4.69) is 17.0 Å². The van der Waals surface area contributed by atoms with E-state index in [1.807, 2.05) is 6.07 Å². The molecule has 1 aliphatic heterocycles. The van der Waals surface area contributed by atoms with E-state index in [9.17, 15) is 5.11 Å². The normalized spacial score (nSPS) is 25.6. The first-order chi connectivity index (χ1) is 12.1. The van der Waals surface area contributed by atoms with E-state index in [-0.39, 0.29) is 17.6 Å². The molecule has 0 bridgehead atoms. The van der Waals surface area contributed by atoms with Gasteiger partial charge in [-0.3, -0.25) is 4.90 Å². The molecule has 25 heavy (non-hydrogen) atoms. The van der Waals surface area contributed by atoms with Gasteiger partial charge in [-0.1, -0.05) is 0 Å². The van der Waals surface area contributed by atoms with Crippen LogP contribution in [0.1, 0.15) is 24.8 Å². The molecule has 0 radical (unpaired) electrons. The Hall–Kier alpha value is -1.34. The summed E-state index contributed by atoms with van der Waals surface area (Å²) in [6.07, 6.45) is 2.58. The summed E-state index contributed by atoms with van der Waals surface area (Å²) in [4.78, 5) is 2.42. The second kappa shape index (κ2) is 7.91. The number of benzene rings is 1. The summed E-state index contributed by atoms with van der Waals surface area (Å²) in [5, 5.41) is 10.3. The molecule has 2 fully saturated rings. The predicted molar refractivity (Wildman–Crippen MR) is 95.9 cm³/mol. The van der Waals surface area contributed by atoms with Gasteiger partial charge in [-0.05, 0) is 43.6 Å². The largest absolute Gasteiger partial charge is 0.497 e. The van der Waals surface area contributed by atoms with Crippen molar-refractivity contribution in [3.8, 4) is 11.5 Å². The third-order valence-corrected chi connectivity index (χ3v) is 5.78. The number of hydrogen-bond donors (Lipinski definition) is 2. The van der Waals surface area contributed by atoms with Crippen LogP contribution in [0.15, 0.2) is 18.2 Å². The van der Waals surface area contributed by atoms with Crippen molar-refractivity contribution in [1.82, 2.24) is 4.90 Å². The summed E-state index contributed by atoms with van der Waals surface area (Å²) in [6, 6.07) is 6.00. The van der Waals surface area contributed by atoms with E-state index in [1.165, 1.54) is 5.56 Å². The molecule has 1 saturated heterocycles. The molecule has 2 atom stereocenters. The van der Waals surface area contributed by atoms with Gasteiger partial charge in [0.15, 0.2) is 0 Å². The molecule has 1 aromatic carbocycles. The summed E-state index contributed by atoms with van der Waals surface area (Å²) in [5.74, 6) is 1.62. The van der Waals surface area contributed by atoms with Crippen LogP contribution in [0.25, 0.3) is 0 Å². The second-order valence-corrected chi connectivity index (χ2v) is 7.13. The van der Waals surface area contributed by atoms with Gasteiger partial charge < -0.3 is 25.1 Å². The number of ether oxygens (including phenoxy) is 3. The van der Waals surface area contributed by atoms with E-state index in [4.69, 9.17) is 19.9 Å². The van der Waals surface area contributed by atoms with E-state index in [0.29, 0.717) is 13.2 Å². The van der Waals surface area contributed by atoms with Crippen molar-refractivity contribution < 1.29 is 19.3 Å². The molecule has 6 heteroatoms. The van der Waals surface area contributed by atoms with Gasteiger partial charge in [0.05, 0.1) is 33.0 Å².